The van der Waals surface area contributed by atoms with E-state index in [2.05, 4.69) is 22.5 Å². The molecule has 118 valence electrons. The second-order valence-corrected chi connectivity index (χ2v) is 5.80. The van der Waals surface area contributed by atoms with E-state index in [0.29, 0.717) is 28.2 Å². The summed E-state index contributed by atoms with van der Waals surface area (Å²) in [6.45, 7) is 5.83. The number of rotatable bonds is 4. The van der Waals surface area contributed by atoms with E-state index in [-0.39, 0.29) is 18.3 Å². The lowest BCUT2D eigenvalue weighted by molar-refractivity contribution is -0.116. The van der Waals surface area contributed by atoms with Crippen LogP contribution in [0.15, 0.2) is 18.2 Å². The average Bonchev–Trinajstić information content (AvgIpc) is 2.42. The quantitative estimate of drug-likeness (QED) is 0.875. The van der Waals surface area contributed by atoms with Gasteiger partial charge in [0, 0.05) is 38.6 Å². The molecule has 1 aliphatic heterocycles. The molecular formula is C14H20Cl3N3O. The Morgan fingerprint density at radius 2 is 2.10 bits per heavy atom. The van der Waals surface area contributed by atoms with E-state index < -0.39 is 0 Å². The predicted molar refractivity (Wildman–Crippen MR) is 90.9 cm³/mol. The van der Waals surface area contributed by atoms with Gasteiger partial charge in [0.1, 0.15) is 0 Å². The molecule has 1 aromatic carbocycles. The number of benzene rings is 1. The van der Waals surface area contributed by atoms with Gasteiger partial charge in [-0.05, 0) is 19.1 Å². The van der Waals surface area contributed by atoms with Crippen molar-refractivity contribution in [1.29, 1.82) is 0 Å². The molecule has 1 heterocycles. The van der Waals surface area contributed by atoms with Crippen LogP contribution in [0.4, 0.5) is 5.69 Å². The molecule has 1 aliphatic rings. The van der Waals surface area contributed by atoms with Gasteiger partial charge in [-0.3, -0.25) is 9.69 Å². The van der Waals surface area contributed by atoms with Crippen molar-refractivity contribution < 1.29 is 4.79 Å². The van der Waals surface area contributed by atoms with Gasteiger partial charge in [-0.2, -0.15) is 0 Å². The first-order valence-corrected chi connectivity index (χ1v) is 7.52. The summed E-state index contributed by atoms with van der Waals surface area (Å²) in [5.41, 5.74) is 0.495. The molecule has 1 fully saturated rings. The van der Waals surface area contributed by atoms with Gasteiger partial charge in [0.15, 0.2) is 0 Å². The number of amides is 1. The Bertz CT molecular complexity index is 464. The van der Waals surface area contributed by atoms with Gasteiger partial charge in [0.05, 0.1) is 15.7 Å². The standard InChI is InChI=1S/C14H19Cl2N3O.ClH/c1-10-9-17-6-8-19(10)7-5-13(20)18-14-11(15)3-2-4-12(14)16;/h2-4,10,17H,5-9H2,1H3,(H,18,20);1H/t10-;/m1./s1. The highest BCUT2D eigenvalue weighted by molar-refractivity contribution is 6.39. The van der Waals surface area contributed by atoms with Crippen LogP contribution in [0.3, 0.4) is 0 Å². The first-order chi connectivity index (χ1) is 9.58. The number of anilines is 1. The molecule has 0 spiro atoms. The van der Waals surface area contributed by atoms with Crippen LogP contribution in [0.5, 0.6) is 0 Å². The van der Waals surface area contributed by atoms with Crippen molar-refractivity contribution in [1.82, 2.24) is 10.2 Å². The van der Waals surface area contributed by atoms with Gasteiger partial charge in [-0.25, -0.2) is 0 Å². The van der Waals surface area contributed by atoms with Gasteiger partial charge in [-0.1, -0.05) is 29.3 Å². The summed E-state index contributed by atoms with van der Waals surface area (Å²) < 4.78 is 0. The third-order valence-electron chi connectivity index (χ3n) is 3.49. The Balaban J connectivity index is 0.00000220. The van der Waals surface area contributed by atoms with E-state index in [1.54, 1.807) is 18.2 Å². The number of piperazine rings is 1. The fourth-order valence-electron chi connectivity index (χ4n) is 2.28. The highest BCUT2D eigenvalue weighted by Crippen LogP contribution is 2.29. The van der Waals surface area contributed by atoms with Crippen LogP contribution in [-0.4, -0.2) is 43.0 Å². The first kappa shape index (κ1) is 18.5. The van der Waals surface area contributed by atoms with Crippen molar-refractivity contribution in [3.8, 4) is 0 Å². The number of carbonyl (C=O) groups is 1. The molecule has 1 aromatic rings. The molecule has 7 heteroatoms. The molecule has 1 amide bonds. The van der Waals surface area contributed by atoms with Crippen LogP contribution in [0.25, 0.3) is 0 Å². The summed E-state index contributed by atoms with van der Waals surface area (Å²) in [4.78, 5) is 14.3. The van der Waals surface area contributed by atoms with E-state index in [4.69, 9.17) is 23.2 Å². The van der Waals surface area contributed by atoms with Crippen LogP contribution in [-0.2, 0) is 4.79 Å². The minimum atomic E-state index is -0.0641. The highest BCUT2D eigenvalue weighted by Gasteiger charge is 2.18. The van der Waals surface area contributed by atoms with Gasteiger partial charge >= 0.3 is 0 Å². The van der Waals surface area contributed by atoms with Gasteiger partial charge in [-0.15, -0.1) is 12.4 Å². The predicted octanol–water partition coefficient (Wildman–Crippen LogP) is 3.04. The SMILES string of the molecule is C[C@@H]1CNCCN1CCC(=O)Nc1c(Cl)cccc1Cl.Cl. The van der Waals surface area contributed by atoms with E-state index in [1.165, 1.54) is 0 Å². The van der Waals surface area contributed by atoms with Crippen LogP contribution in [0, 0.1) is 0 Å². The largest absolute Gasteiger partial charge is 0.324 e. The smallest absolute Gasteiger partial charge is 0.225 e. The second-order valence-electron chi connectivity index (χ2n) is 4.98. The summed E-state index contributed by atoms with van der Waals surface area (Å²) in [5.74, 6) is -0.0641. The Hall–Kier alpha value is -0.520. The lowest BCUT2D eigenvalue weighted by Crippen LogP contribution is -2.50. The number of hydrogen-bond donors (Lipinski definition) is 2. The molecule has 2 rings (SSSR count). The summed E-state index contributed by atoms with van der Waals surface area (Å²) in [7, 11) is 0. The van der Waals surface area contributed by atoms with Crippen molar-refractivity contribution in [2.45, 2.75) is 19.4 Å². The maximum absolute atomic E-state index is 12.0. The molecule has 21 heavy (non-hydrogen) atoms. The molecular weight excluding hydrogens is 333 g/mol. The minimum absolute atomic E-state index is 0. The number of carbonyl (C=O) groups excluding carboxylic acids is 1. The van der Waals surface area contributed by atoms with Crippen molar-refractivity contribution in [2.75, 3.05) is 31.5 Å². The van der Waals surface area contributed by atoms with Crippen molar-refractivity contribution in [3.05, 3.63) is 28.2 Å². The zero-order valence-corrected chi connectivity index (χ0v) is 14.2. The molecule has 0 unspecified atom stereocenters. The first-order valence-electron chi connectivity index (χ1n) is 6.76. The molecule has 0 bridgehead atoms. The van der Waals surface area contributed by atoms with Gasteiger partial charge in [0.25, 0.3) is 0 Å². The van der Waals surface area contributed by atoms with E-state index >= 15 is 0 Å². The average molecular weight is 353 g/mol. The number of hydrogen-bond acceptors (Lipinski definition) is 3. The van der Waals surface area contributed by atoms with Crippen molar-refractivity contribution in [2.24, 2.45) is 0 Å². The normalized spacial score (nSPS) is 18.9. The Labute approximate surface area is 141 Å². The molecule has 1 saturated heterocycles. The molecule has 0 radical (unpaired) electrons. The number of nitrogens with zero attached hydrogens (tertiary/aromatic N) is 1. The monoisotopic (exact) mass is 351 g/mol. The summed E-state index contributed by atoms with van der Waals surface area (Å²) in [6, 6.07) is 5.63. The van der Waals surface area contributed by atoms with E-state index in [1.807, 2.05) is 0 Å². The minimum Gasteiger partial charge on any atom is -0.324 e. The maximum atomic E-state index is 12.0. The maximum Gasteiger partial charge on any atom is 0.225 e. The number of nitrogens with one attached hydrogen (secondary N) is 2. The van der Waals surface area contributed by atoms with E-state index in [0.717, 1.165) is 26.2 Å². The number of halogens is 3. The zero-order chi connectivity index (χ0) is 14.5. The molecule has 0 aliphatic carbocycles. The van der Waals surface area contributed by atoms with Crippen molar-refractivity contribution in [3.63, 3.8) is 0 Å². The molecule has 1 atom stereocenters. The highest BCUT2D eigenvalue weighted by atomic mass is 35.5. The molecule has 4 nitrogen and oxygen atoms in total. The topological polar surface area (TPSA) is 44.4 Å². The third kappa shape index (κ3) is 5.31. The van der Waals surface area contributed by atoms with E-state index in [9.17, 15) is 4.79 Å². The Kier molecular flexibility index (Phi) is 7.77. The number of para-hydroxylation sites is 1. The molecule has 0 aromatic heterocycles. The lowest BCUT2D eigenvalue weighted by Gasteiger charge is -2.33. The summed E-state index contributed by atoms with van der Waals surface area (Å²) in [6.07, 6.45) is 0.436. The Morgan fingerprint density at radius 3 is 2.71 bits per heavy atom. The summed E-state index contributed by atoms with van der Waals surface area (Å²) in [5, 5.41) is 7.04. The Morgan fingerprint density at radius 1 is 1.43 bits per heavy atom. The summed E-state index contributed by atoms with van der Waals surface area (Å²) >= 11 is 12.1. The zero-order valence-electron chi connectivity index (χ0n) is 11.9. The van der Waals surface area contributed by atoms with Crippen LogP contribution >= 0.6 is 35.6 Å². The second kappa shape index (κ2) is 8.81. The van der Waals surface area contributed by atoms with Crippen LogP contribution in [0.2, 0.25) is 10.0 Å². The fourth-order valence-corrected chi connectivity index (χ4v) is 2.77. The lowest BCUT2D eigenvalue weighted by atomic mass is 10.2. The molecule has 2 N–H and O–H groups in total. The van der Waals surface area contributed by atoms with Crippen LogP contribution < -0.4 is 10.6 Å². The van der Waals surface area contributed by atoms with Gasteiger partial charge < -0.3 is 10.6 Å². The van der Waals surface area contributed by atoms with Gasteiger partial charge in [0.2, 0.25) is 5.91 Å². The fraction of sp³-hybridized carbons (Fsp3) is 0.500. The van der Waals surface area contributed by atoms with Crippen molar-refractivity contribution >= 4 is 47.2 Å². The van der Waals surface area contributed by atoms with Crippen LogP contribution in [0.1, 0.15) is 13.3 Å². The third-order valence-corrected chi connectivity index (χ3v) is 4.12. The molecule has 0 saturated carbocycles.